The average Bonchev–Trinajstić information content (AvgIpc) is 3.09. The minimum absolute atomic E-state index is 0.0136. The molecule has 2 aromatic rings. The third kappa shape index (κ3) is 2.68. The van der Waals surface area contributed by atoms with Gasteiger partial charge >= 0.3 is 0 Å². The van der Waals surface area contributed by atoms with Crippen molar-refractivity contribution < 1.29 is 14.4 Å². The van der Waals surface area contributed by atoms with Crippen LogP contribution in [0.2, 0.25) is 0 Å². The molecule has 0 aliphatic carbocycles. The van der Waals surface area contributed by atoms with Gasteiger partial charge in [-0.3, -0.25) is 4.79 Å². The Balaban J connectivity index is 1.92. The number of amides is 1. The van der Waals surface area contributed by atoms with Gasteiger partial charge in [-0.05, 0) is 43.4 Å². The third-order valence-corrected chi connectivity index (χ3v) is 4.14. The first kappa shape index (κ1) is 14.6. The van der Waals surface area contributed by atoms with Crippen LogP contribution in [0.3, 0.4) is 0 Å². The molecule has 1 saturated heterocycles. The lowest BCUT2D eigenvalue weighted by molar-refractivity contribution is 0.0593. The second-order valence-electron chi connectivity index (χ2n) is 5.50. The molecule has 6 heteroatoms. The van der Waals surface area contributed by atoms with E-state index in [1.54, 1.807) is 17.0 Å². The van der Waals surface area contributed by atoms with Crippen LogP contribution < -0.4 is 0 Å². The number of aromatic hydroxyl groups is 1. The van der Waals surface area contributed by atoms with E-state index in [0.29, 0.717) is 17.9 Å². The van der Waals surface area contributed by atoms with Crippen molar-refractivity contribution in [2.75, 3.05) is 6.54 Å². The molecule has 1 aromatic heterocycles. The van der Waals surface area contributed by atoms with E-state index in [0.717, 1.165) is 31.2 Å². The quantitative estimate of drug-likeness (QED) is 0.943. The van der Waals surface area contributed by atoms with Crippen LogP contribution in [0.4, 0.5) is 0 Å². The van der Waals surface area contributed by atoms with Gasteiger partial charge in [-0.1, -0.05) is 18.1 Å². The summed E-state index contributed by atoms with van der Waals surface area (Å²) in [5.41, 5.74) is 1.36. The summed E-state index contributed by atoms with van der Waals surface area (Å²) < 4.78 is 4.81. The number of piperidine rings is 1. The molecule has 1 atom stereocenters. The van der Waals surface area contributed by atoms with Crippen LogP contribution >= 0.6 is 0 Å². The van der Waals surface area contributed by atoms with Gasteiger partial charge in [0, 0.05) is 6.54 Å². The smallest absolute Gasteiger partial charge is 0.258 e. The van der Waals surface area contributed by atoms with E-state index in [9.17, 15) is 9.90 Å². The number of benzene rings is 1. The zero-order chi connectivity index (χ0) is 15.5. The topological polar surface area (TPSA) is 79.5 Å². The number of hydrogen-bond acceptors (Lipinski definition) is 5. The Labute approximate surface area is 128 Å². The van der Waals surface area contributed by atoms with Crippen LogP contribution in [0, 0.1) is 0 Å². The van der Waals surface area contributed by atoms with Crippen molar-refractivity contribution in [2.24, 2.45) is 0 Å². The number of carbonyl (C=O) groups excluding carboxylic acids is 1. The molecule has 116 valence electrons. The molecule has 0 radical (unpaired) electrons. The van der Waals surface area contributed by atoms with Gasteiger partial charge in [-0.15, -0.1) is 0 Å². The van der Waals surface area contributed by atoms with Crippen molar-refractivity contribution in [1.29, 1.82) is 0 Å². The summed E-state index contributed by atoms with van der Waals surface area (Å²) in [6.07, 6.45) is 4.86. The van der Waals surface area contributed by atoms with Crippen molar-refractivity contribution in [1.82, 2.24) is 15.0 Å². The SMILES string of the molecule is CCc1ccc(O)c(C(=O)N2CCCCC2c2ncon2)c1. The molecule has 1 aromatic carbocycles. The minimum Gasteiger partial charge on any atom is -0.507 e. The summed E-state index contributed by atoms with van der Waals surface area (Å²) in [5, 5.41) is 13.9. The van der Waals surface area contributed by atoms with E-state index in [1.165, 1.54) is 6.39 Å². The largest absolute Gasteiger partial charge is 0.507 e. The van der Waals surface area contributed by atoms with E-state index in [1.807, 2.05) is 13.0 Å². The van der Waals surface area contributed by atoms with Gasteiger partial charge in [-0.25, -0.2) is 0 Å². The number of nitrogens with zero attached hydrogens (tertiary/aromatic N) is 3. The van der Waals surface area contributed by atoms with Crippen molar-refractivity contribution in [3.63, 3.8) is 0 Å². The number of rotatable bonds is 3. The van der Waals surface area contributed by atoms with Crippen LogP contribution in [-0.2, 0) is 6.42 Å². The fraction of sp³-hybridized carbons (Fsp3) is 0.438. The monoisotopic (exact) mass is 301 g/mol. The summed E-state index contributed by atoms with van der Waals surface area (Å²) in [5.74, 6) is 0.362. The lowest BCUT2D eigenvalue weighted by Crippen LogP contribution is -2.39. The first-order chi connectivity index (χ1) is 10.7. The zero-order valence-electron chi connectivity index (χ0n) is 12.5. The van der Waals surface area contributed by atoms with Crippen molar-refractivity contribution in [2.45, 2.75) is 38.6 Å². The second-order valence-corrected chi connectivity index (χ2v) is 5.50. The minimum atomic E-state index is -0.190. The van der Waals surface area contributed by atoms with Crippen molar-refractivity contribution >= 4 is 5.91 Å². The van der Waals surface area contributed by atoms with Crippen molar-refractivity contribution in [3.8, 4) is 5.75 Å². The summed E-state index contributed by atoms with van der Waals surface area (Å²) in [6, 6.07) is 4.99. The predicted octanol–water partition coefficient (Wildman–Crippen LogP) is 2.71. The molecular weight excluding hydrogens is 282 g/mol. The van der Waals surface area contributed by atoms with Gasteiger partial charge in [-0.2, -0.15) is 4.98 Å². The highest BCUT2D eigenvalue weighted by Crippen LogP contribution is 2.32. The van der Waals surface area contributed by atoms with E-state index in [2.05, 4.69) is 10.1 Å². The molecule has 3 rings (SSSR count). The Bertz CT molecular complexity index is 655. The molecule has 2 heterocycles. The molecule has 1 aliphatic heterocycles. The van der Waals surface area contributed by atoms with Gasteiger partial charge in [0.05, 0.1) is 11.6 Å². The van der Waals surface area contributed by atoms with Crippen LogP contribution in [0.25, 0.3) is 0 Å². The van der Waals surface area contributed by atoms with Crippen LogP contribution in [0.15, 0.2) is 29.1 Å². The van der Waals surface area contributed by atoms with Gasteiger partial charge in [0.15, 0.2) is 5.82 Å². The maximum atomic E-state index is 12.9. The first-order valence-corrected chi connectivity index (χ1v) is 7.60. The fourth-order valence-electron chi connectivity index (χ4n) is 2.90. The molecular formula is C16H19N3O3. The van der Waals surface area contributed by atoms with Crippen LogP contribution in [0.5, 0.6) is 5.75 Å². The van der Waals surface area contributed by atoms with Crippen LogP contribution in [-0.4, -0.2) is 32.6 Å². The molecule has 22 heavy (non-hydrogen) atoms. The number of hydrogen-bond donors (Lipinski definition) is 1. The Hall–Kier alpha value is -2.37. The number of phenols is 1. The summed E-state index contributed by atoms with van der Waals surface area (Å²) in [7, 11) is 0. The second kappa shape index (κ2) is 6.17. The van der Waals surface area contributed by atoms with Gasteiger partial charge in [0.1, 0.15) is 5.75 Å². The molecule has 0 bridgehead atoms. The number of aryl methyl sites for hydroxylation is 1. The molecule has 0 saturated carbocycles. The Kier molecular flexibility index (Phi) is 4.09. The van der Waals surface area contributed by atoms with Gasteiger partial charge in [0.25, 0.3) is 5.91 Å². The Morgan fingerprint density at radius 2 is 2.32 bits per heavy atom. The molecule has 1 N–H and O–H groups in total. The molecule has 0 spiro atoms. The first-order valence-electron chi connectivity index (χ1n) is 7.60. The molecule has 1 fully saturated rings. The van der Waals surface area contributed by atoms with E-state index >= 15 is 0 Å². The van der Waals surface area contributed by atoms with Crippen molar-refractivity contribution in [3.05, 3.63) is 41.5 Å². The number of phenolic OH excluding ortho intramolecular Hbond substituents is 1. The molecule has 1 unspecified atom stereocenters. The van der Waals surface area contributed by atoms with Gasteiger partial charge < -0.3 is 14.5 Å². The standard InChI is InChI=1S/C16H19N3O3/c1-2-11-6-7-14(20)12(9-11)16(21)19-8-4-3-5-13(19)15-17-10-22-18-15/h6-7,9-10,13,20H,2-5,8H2,1H3. The summed E-state index contributed by atoms with van der Waals surface area (Å²) in [4.78, 5) is 18.7. The van der Waals surface area contributed by atoms with Crippen LogP contribution in [0.1, 0.15) is 54.0 Å². The van der Waals surface area contributed by atoms with E-state index in [-0.39, 0.29) is 17.7 Å². The highest BCUT2D eigenvalue weighted by atomic mass is 16.5. The van der Waals surface area contributed by atoms with Gasteiger partial charge in [0.2, 0.25) is 6.39 Å². The Morgan fingerprint density at radius 1 is 1.45 bits per heavy atom. The lowest BCUT2D eigenvalue weighted by atomic mass is 9.99. The third-order valence-electron chi connectivity index (χ3n) is 4.14. The maximum absolute atomic E-state index is 12.9. The maximum Gasteiger partial charge on any atom is 0.258 e. The normalized spacial score (nSPS) is 18.4. The average molecular weight is 301 g/mol. The molecule has 1 aliphatic rings. The molecule has 1 amide bonds. The number of carbonyl (C=O) groups is 1. The number of likely N-dealkylation sites (tertiary alicyclic amines) is 1. The summed E-state index contributed by atoms with van der Waals surface area (Å²) in [6.45, 7) is 2.65. The number of aromatic nitrogens is 2. The van der Waals surface area contributed by atoms with E-state index < -0.39 is 0 Å². The summed E-state index contributed by atoms with van der Waals surface area (Å²) >= 11 is 0. The zero-order valence-corrected chi connectivity index (χ0v) is 12.5. The highest BCUT2D eigenvalue weighted by molar-refractivity contribution is 5.97. The lowest BCUT2D eigenvalue weighted by Gasteiger charge is -2.34. The molecule has 6 nitrogen and oxygen atoms in total. The predicted molar refractivity (Wildman–Crippen MR) is 79.4 cm³/mol. The Morgan fingerprint density at radius 3 is 3.05 bits per heavy atom. The fourth-order valence-corrected chi connectivity index (χ4v) is 2.90. The highest BCUT2D eigenvalue weighted by Gasteiger charge is 2.32. The van der Waals surface area contributed by atoms with E-state index in [4.69, 9.17) is 4.52 Å².